The topological polar surface area (TPSA) is 109 Å². The number of hydrogen-bond acceptors (Lipinski definition) is 7. The summed E-state index contributed by atoms with van der Waals surface area (Å²) in [7, 11) is 0. The van der Waals surface area contributed by atoms with Crippen molar-refractivity contribution in [3.63, 3.8) is 0 Å². The third kappa shape index (κ3) is 4.44. The van der Waals surface area contributed by atoms with Crippen LogP contribution in [-0.4, -0.2) is 32.6 Å². The number of hydrogen-bond donors (Lipinski definition) is 3. The fourth-order valence-corrected chi connectivity index (χ4v) is 3.21. The van der Waals surface area contributed by atoms with Crippen LogP contribution in [0.15, 0.2) is 48.5 Å². The number of benzene rings is 2. The van der Waals surface area contributed by atoms with Crippen LogP contribution in [0.3, 0.4) is 0 Å². The molecule has 3 N–H and O–H groups in total. The Morgan fingerprint density at radius 3 is 2.33 bits per heavy atom. The predicted octanol–water partition coefficient (Wildman–Crippen LogP) is 4.47. The second-order valence-electron chi connectivity index (χ2n) is 6.92. The SMILES string of the molecule is CCOc1nc(Nc2ccc(C(=O)O)cc2)nc(NC2(c3ccc(Cl)cc3)CC2)n1. The maximum atomic E-state index is 11.0. The molecule has 0 spiro atoms. The Kier molecular flexibility index (Phi) is 5.41. The van der Waals surface area contributed by atoms with Crippen LogP contribution in [0, 0.1) is 0 Å². The molecule has 1 aromatic heterocycles. The summed E-state index contributed by atoms with van der Waals surface area (Å²) in [4.78, 5) is 24.1. The van der Waals surface area contributed by atoms with Crippen LogP contribution >= 0.6 is 11.6 Å². The summed E-state index contributed by atoms with van der Waals surface area (Å²) in [5, 5.41) is 16.2. The minimum atomic E-state index is -0.983. The molecule has 0 aliphatic heterocycles. The standard InChI is InChI=1S/C21H20ClN5O3/c1-2-30-20-25-18(23-16-9-3-13(4-10-16)17(28)29)24-19(26-20)27-21(11-12-21)14-5-7-15(22)8-6-14/h3-10H,2,11-12H2,1H3,(H,28,29)(H2,23,24,25,26,27). The van der Waals surface area contributed by atoms with E-state index in [1.165, 1.54) is 12.1 Å². The summed E-state index contributed by atoms with van der Waals surface area (Å²) in [5.74, 6) is -0.291. The van der Waals surface area contributed by atoms with E-state index in [0.717, 1.165) is 18.4 Å². The van der Waals surface area contributed by atoms with Crippen LogP contribution in [0.25, 0.3) is 0 Å². The van der Waals surface area contributed by atoms with Crippen molar-refractivity contribution >= 4 is 35.2 Å². The van der Waals surface area contributed by atoms with Gasteiger partial charge in [0.25, 0.3) is 0 Å². The number of rotatable bonds is 8. The monoisotopic (exact) mass is 425 g/mol. The lowest BCUT2D eigenvalue weighted by Crippen LogP contribution is -2.21. The summed E-state index contributed by atoms with van der Waals surface area (Å²) < 4.78 is 5.49. The lowest BCUT2D eigenvalue weighted by Gasteiger charge is -2.19. The number of nitrogens with one attached hydrogen (secondary N) is 2. The molecule has 30 heavy (non-hydrogen) atoms. The molecule has 154 valence electrons. The molecule has 0 radical (unpaired) electrons. The number of halogens is 1. The zero-order chi connectivity index (χ0) is 21.1. The molecular weight excluding hydrogens is 406 g/mol. The van der Waals surface area contributed by atoms with Crippen LogP contribution in [0.2, 0.25) is 5.02 Å². The van der Waals surface area contributed by atoms with Crippen molar-refractivity contribution in [1.29, 1.82) is 0 Å². The van der Waals surface area contributed by atoms with E-state index >= 15 is 0 Å². The number of anilines is 3. The first kappa shape index (κ1) is 19.9. The predicted molar refractivity (Wildman–Crippen MR) is 114 cm³/mol. The molecule has 0 bridgehead atoms. The summed E-state index contributed by atoms with van der Waals surface area (Å²) in [6.07, 6.45) is 1.90. The minimum absolute atomic E-state index is 0.201. The number of ether oxygens (including phenoxy) is 1. The molecule has 0 saturated heterocycles. The van der Waals surface area contributed by atoms with E-state index in [2.05, 4.69) is 25.6 Å². The van der Waals surface area contributed by atoms with Gasteiger partial charge in [-0.1, -0.05) is 23.7 Å². The molecule has 9 heteroatoms. The van der Waals surface area contributed by atoms with Crippen molar-refractivity contribution in [2.45, 2.75) is 25.3 Å². The summed E-state index contributed by atoms with van der Waals surface area (Å²) in [5.41, 5.74) is 1.73. The van der Waals surface area contributed by atoms with Gasteiger partial charge in [-0.25, -0.2) is 4.79 Å². The fourth-order valence-electron chi connectivity index (χ4n) is 3.08. The summed E-state index contributed by atoms with van der Waals surface area (Å²) >= 11 is 6.01. The molecule has 0 amide bonds. The van der Waals surface area contributed by atoms with Gasteiger partial charge in [0.2, 0.25) is 11.9 Å². The van der Waals surface area contributed by atoms with Crippen molar-refractivity contribution < 1.29 is 14.6 Å². The third-order valence-corrected chi connectivity index (χ3v) is 5.03. The highest BCUT2D eigenvalue weighted by Gasteiger charge is 2.45. The number of carboxylic acids is 1. The van der Waals surface area contributed by atoms with E-state index < -0.39 is 5.97 Å². The smallest absolute Gasteiger partial charge is 0.335 e. The molecule has 1 saturated carbocycles. The fraction of sp³-hybridized carbons (Fsp3) is 0.238. The number of nitrogens with zero attached hydrogens (tertiary/aromatic N) is 3. The number of carboxylic acid groups (broad SMARTS) is 1. The second-order valence-corrected chi connectivity index (χ2v) is 7.36. The average Bonchev–Trinajstić information content (AvgIpc) is 3.49. The van der Waals surface area contributed by atoms with E-state index in [-0.39, 0.29) is 17.1 Å². The van der Waals surface area contributed by atoms with Crippen molar-refractivity contribution in [1.82, 2.24) is 15.0 Å². The normalized spacial score (nSPS) is 14.1. The van der Waals surface area contributed by atoms with E-state index in [0.29, 0.717) is 29.2 Å². The molecule has 1 aliphatic carbocycles. The zero-order valence-corrected chi connectivity index (χ0v) is 17.0. The minimum Gasteiger partial charge on any atom is -0.478 e. The van der Waals surface area contributed by atoms with Crippen LogP contribution in [0.4, 0.5) is 17.6 Å². The van der Waals surface area contributed by atoms with Crippen molar-refractivity contribution in [3.8, 4) is 6.01 Å². The van der Waals surface area contributed by atoms with Gasteiger partial charge in [-0.3, -0.25) is 0 Å². The number of aromatic carboxylic acids is 1. The molecule has 1 aliphatic rings. The lowest BCUT2D eigenvalue weighted by atomic mass is 10.1. The Balaban J connectivity index is 1.58. The molecule has 3 aromatic rings. The van der Waals surface area contributed by atoms with Gasteiger partial charge >= 0.3 is 12.0 Å². The van der Waals surface area contributed by atoms with Crippen molar-refractivity contribution in [3.05, 3.63) is 64.7 Å². The summed E-state index contributed by atoms with van der Waals surface area (Å²) in [6.45, 7) is 2.27. The van der Waals surface area contributed by atoms with E-state index in [1.807, 2.05) is 31.2 Å². The van der Waals surface area contributed by atoms with Gasteiger partial charge in [0.05, 0.1) is 17.7 Å². The third-order valence-electron chi connectivity index (χ3n) is 4.77. The van der Waals surface area contributed by atoms with E-state index in [4.69, 9.17) is 21.4 Å². The Labute approximate surface area is 178 Å². The first-order valence-corrected chi connectivity index (χ1v) is 9.89. The van der Waals surface area contributed by atoms with Crippen LogP contribution in [0.5, 0.6) is 6.01 Å². The Morgan fingerprint density at radius 2 is 1.73 bits per heavy atom. The molecule has 0 atom stereocenters. The van der Waals surface area contributed by atoms with Gasteiger partial charge in [0.15, 0.2) is 0 Å². The quantitative estimate of drug-likeness (QED) is 0.485. The van der Waals surface area contributed by atoms with Crippen LogP contribution in [-0.2, 0) is 5.54 Å². The van der Waals surface area contributed by atoms with Gasteiger partial charge in [-0.15, -0.1) is 0 Å². The number of carbonyl (C=O) groups is 1. The Bertz CT molecular complexity index is 1050. The molecule has 0 unspecified atom stereocenters. The average molecular weight is 426 g/mol. The molecule has 2 aromatic carbocycles. The maximum Gasteiger partial charge on any atom is 0.335 e. The van der Waals surface area contributed by atoms with Gasteiger partial charge < -0.3 is 20.5 Å². The first-order chi connectivity index (χ1) is 14.5. The lowest BCUT2D eigenvalue weighted by molar-refractivity contribution is 0.0697. The highest BCUT2D eigenvalue weighted by Crippen LogP contribution is 2.48. The molecular formula is C21H20ClN5O3. The van der Waals surface area contributed by atoms with E-state index in [1.54, 1.807) is 12.1 Å². The zero-order valence-electron chi connectivity index (χ0n) is 16.2. The van der Waals surface area contributed by atoms with Crippen LogP contribution < -0.4 is 15.4 Å². The molecule has 1 fully saturated rings. The van der Waals surface area contributed by atoms with E-state index in [9.17, 15) is 4.79 Å². The molecule has 4 rings (SSSR count). The van der Waals surface area contributed by atoms with Crippen LogP contribution in [0.1, 0.15) is 35.7 Å². The highest BCUT2D eigenvalue weighted by atomic mass is 35.5. The Hall–Kier alpha value is -3.39. The molecule has 1 heterocycles. The maximum absolute atomic E-state index is 11.0. The van der Waals surface area contributed by atoms with Gasteiger partial charge in [-0.05, 0) is 61.7 Å². The summed E-state index contributed by atoms with van der Waals surface area (Å²) in [6, 6.07) is 14.2. The van der Waals surface area contributed by atoms with Gasteiger partial charge in [-0.2, -0.15) is 15.0 Å². The van der Waals surface area contributed by atoms with Crippen molar-refractivity contribution in [2.75, 3.05) is 17.2 Å². The highest BCUT2D eigenvalue weighted by molar-refractivity contribution is 6.30. The first-order valence-electron chi connectivity index (χ1n) is 9.51. The largest absolute Gasteiger partial charge is 0.478 e. The van der Waals surface area contributed by atoms with Gasteiger partial charge in [0, 0.05) is 10.7 Å². The van der Waals surface area contributed by atoms with Crippen molar-refractivity contribution in [2.24, 2.45) is 0 Å². The number of aromatic nitrogens is 3. The second kappa shape index (κ2) is 8.16. The Morgan fingerprint density at radius 1 is 1.07 bits per heavy atom. The van der Waals surface area contributed by atoms with Gasteiger partial charge in [0.1, 0.15) is 0 Å². The molecule has 8 nitrogen and oxygen atoms in total.